The number of esters is 1. The summed E-state index contributed by atoms with van der Waals surface area (Å²) >= 11 is 17.4. The number of benzene rings is 1. The number of carbonyl (C=O) groups is 2. The molecule has 2 bridgehead atoms. The number of rotatable bonds is 5. The number of carbonyl (C=O) groups excluding carboxylic acids is 2. The average Bonchev–Trinajstić information content (AvgIpc) is 3.03. The third-order valence-electron chi connectivity index (χ3n) is 6.19. The lowest BCUT2D eigenvalue weighted by Gasteiger charge is -2.57. The molecule has 1 aromatic carbocycles. The van der Waals surface area contributed by atoms with Gasteiger partial charge in [-0.05, 0) is 18.9 Å². The standard InChI is InChI=1S/C20H22Cl3NO7/c1-18(27)8-11-16(28-2)31-14-15(25)30-12(18)13(29-9-10-6-4-3-5-7-10)19(11,14)24-17(26)20(21,22)23/h3-7,11-14,16,27H,8-9H2,1-2H3,(H,24,26)/t11-,12+,13-,14-,16-,18+,19-/m1/s1. The molecular formula is C20H22Cl3NO7. The van der Waals surface area contributed by atoms with Crippen LogP contribution in [-0.4, -0.2) is 63.6 Å². The van der Waals surface area contributed by atoms with E-state index >= 15 is 0 Å². The van der Waals surface area contributed by atoms with Crippen molar-refractivity contribution in [1.29, 1.82) is 0 Å². The Balaban J connectivity index is 1.79. The molecule has 2 aliphatic heterocycles. The summed E-state index contributed by atoms with van der Waals surface area (Å²) in [6, 6.07) is 9.29. The van der Waals surface area contributed by atoms with E-state index in [1.165, 1.54) is 14.0 Å². The van der Waals surface area contributed by atoms with Crippen molar-refractivity contribution >= 4 is 46.7 Å². The number of methoxy groups -OCH3 is 1. The van der Waals surface area contributed by atoms with Gasteiger partial charge < -0.3 is 29.4 Å². The molecule has 0 spiro atoms. The topological polar surface area (TPSA) is 103 Å². The molecule has 2 heterocycles. The van der Waals surface area contributed by atoms with Gasteiger partial charge in [0.15, 0.2) is 18.5 Å². The van der Waals surface area contributed by atoms with Gasteiger partial charge in [0, 0.05) is 13.0 Å². The van der Waals surface area contributed by atoms with Crippen molar-refractivity contribution in [1.82, 2.24) is 5.32 Å². The van der Waals surface area contributed by atoms with Crippen LogP contribution in [0.5, 0.6) is 0 Å². The fourth-order valence-corrected chi connectivity index (χ4v) is 4.99. The molecule has 2 saturated heterocycles. The maximum atomic E-state index is 12.9. The minimum absolute atomic E-state index is 0.0886. The molecule has 0 aromatic heterocycles. The molecule has 4 rings (SSSR count). The zero-order valence-electron chi connectivity index (χ0n) is 16.7. The third kappa shape index (κ3) is 3.82. The molecule has 170 valence electrons. The first kappa shape index (κ1) is 23.0. The van der Waals surface area contributed by atoms with Crippen LogP contribution in [-0.2, 0) is 35.1 Å². The fraction of sp³-hybridized carbons (Fsp3) is 0.600. The van der Waals surface area contributed by atoms with Crippen molar-refractivity contribution in [2.24, 2.45) is 5.92 Å². The zero-order valence-corrected chi connectivity index (χ0v) is 19.0. The molecule has 11 heteroatoms. The molecular weight excluding hydrogens is 473 g/mol. The SMILES string of the molecule is CO[C@@H]1O[C@@H]2C(=O)O[C@H]3[C@@H](OCc4ccccc4)[C@]2(NC(=O)C(Cl)(Cl)Cl)[C@@H]1C[C@]3(C)O. The summed E-state index contributed by atoms with van der Waals surface area (Å²) in [5.41, 5.74) is -2.11. The normalized spacial score (nSPS) is 39.2. The molecule has 7 atom stereocenters. The lowest BCUT2D eigenvalue weighted by molar-refractivity contribution is -0.252. The molecule has 2 N–H and O–H groups in total. The second-order valence-electron chi connectivity index (χ2n) is 8.25. The van der Waals surface area contributed by atoms with Crippen LogP contribution in [0.3, 0.4) is 0 Å². The summed E-state index contributed by atoms with van der Waals surface area (Å²) in [6.45, 7) is 1.66. The van der Waals surface area contributed by atoms with Gasteiger partial charge >= 0.3 is 5.97 Å². The number of ether oxygens (including phenoxy) is 4. The monoisotopic (exact) mass is 493 g/mol. The van der Waals surface area contributed by atoms with Gasteiger partial charge in [-0.2, -0.15) is 0 Å². The quantitative estimate of drug-likeness (QED) is 0.476. The highest BCUT2D eigenvalue weighted by Gasteiger charge is 2.75. The van der Waals surface area contributed by atoms with Crippen LogP contribution in [0.15, 0.2) is 30.3 Å². The van der Waals surface area contributed by atoms with Crippen LogP contribution in [0, 0.1) is 5.92 Å². The van der Waals surface area contributed by atoms with Gasteiger partial charge in [0.1, 0.15) is 17.2 Å². The van der Waals surface area contributed by atoms with Gasteiger partial charge in [-0.15, -0.1) is 0 Å². The van der Waals surface area contributed by atoms with E-state index in [-0.39, 0.29) is 13.0 Å². The smallest absolute Gasteiger partial charge is 0.338 e. The number of hydrogen-bond acceptors (Lipinski definition) is 7. The van der Waals surface area contributed by atoms with Crippen LogP contribution in [0.1, 0.15) is 18.9 Å². The number of amides is 1. The van der Waals surface area contributed by atoms with Crippen LogP contribution in [0.4, 0.5) is 0 Å². The second kappa shape index (κ2) is 8.02. The molecule has 0 unspecified atom stereocenters. The molecule has 3 aliphatic rings. The summed E-state index contributed by atoms with van der Waals surface area (Å²) in [4.78, 5) is 25.6. The lowest BCUT2D eigenvalue weighted by atomic mass is 9.61. The molecule has 3 fully saturated rings. The number of alkyl halides is 3. The van der Waals surface area contributed by atoms with Crippen molar-refractivity contribution < 1.29 is 33.6 Å². The summed E-state index contributed by atoms with van der Waals surface area (Å²) in [5, 5.41) is 13.9. The highest BCUT2D eigenvalue weighted by molar-refractivity contribution is 6.76. The van der Waals surface area contributed by atoms with Crippen molar-refractivity contribution in [2.45, 2.75) is 59.5 Å². The number of halogens is 3. The highest BCUT2D eigenvalue weighted by atomic mass is 35.6. The predicted octanol–water partition coefficient (Wildman–Crippen LogP) is 1.86. The Labute approximate surface area is 194 Å². The maximum Gasteiger partial charge on any atom is 0.338 e. The first-order valence-electron chi connectivity index (χ1n) is 9.66. The second-order valence-corrected chi connectivity index (χ2v) is 10.5. The molecule has 1 amide bonds. The molecule has 8 nitrogen and oxygen atoms in total. The van der Waals surface area contributed by atoms with E-state index in [1.807, 2.05) is 30.3 Å². The van der Waals surface area contributed by atoms with Gasteiger partial charge in [-0.25, -0.2) is 4.79 Å². The van der Waals surface area contributed by atoms with Gasteiger partial charge in [-0.1, -0.05) is 65.1 Å². The Hall–Kier alpha value is -1.13. The molecule has 1 aromatic rings. The largest absolute Gasteiger partial charge is 0.454 e. The average molecular weight is 495 g/mol. The number of fused-ring (bicyclic) bond motifs is 1. The minimum atomic E-state index is -2.29. The Bertz CT molecular complexity index is 862. The van der Waals surface area contributed by atoms with E-state index in [1.54, 1.807) is 0 Å². The fourth-order valence-electron chi connectivity index (χ4n) is 4.85. The Morgan fingerprint density at radius 3 is 2.61 bits per heavy atom. The van der Waals surface area contributed by atoms with Gasteiger partial charge in [0.05, 0.1) is 6.61 Å². The highest BCUT2D eigenvalue weighted by Crippen LogP contribution is 2.54. The van der Waals surface area contributed by atoms with E-state index < -0.39 is 57.3 Å². The Kier molecular flexibility index (Phi) is 5.96. The lowest BCUT2D eigenvalue weighted by Crippen LogP contribution is -2.80. The van der Waals surface area contributed by atoms with Crippen molar-refractivity contribution in [3.05, 3.63) is 35.9 Å². The summed E-state index contributed by atoms with van der Waals surface area (Å²) in [7, 11) is 1.40. The first-order valence-corrected chi connectivity index (χ1v) is 10.8. The third-order valence-corrected chi connectivity index (χ3v) is 6.70. The molecule has 0 radical (unpaired) electrons. The van der Waals surface area contributed by atoms with Crippen LogP contribution >= 0.6 is 34.8 Å². The number of aliphatic hydroxyl groups is 1. The van der Waals surface area contributed by atoms with Crippen molar-refractivity contribution in [2.75, 3.05) is 7.11 Å². The van der Waals surface area contributed by atoms with E-state index in [4.69, 9.17) is 53.8 Å². The molecule has 31 heavy (non-hydrogen) atoms. The van der Waals surface area contributed by atoms with Crippen LogP contribution < -0.4 is 5.32 Å². The van der Waals surface area contributed by atoms with E-state index in [9.17, 15) is 14.7 Å². The van der Waals surface area contributed by atoms with Crippen molar-refractivity contribution in [3.8, 4) is 0 Å². The summed E-state index contributed by atoms with van der Waals surface area (Å²) in [5.74, 6) is -2.39. The molecule has 1 aliphatic carbocycles. The van der Waals surface area contributed by atoms with Crippen LogP contribution in [0.2, 0.25) is 0 Å². The summed E-state index contributed by atoms with van der Waals surface area (Å²) < 4.78 is 20.7. The van der Waals surface area contributed by atoms with Gasteiger partial charge in [-0.3, -0.25) is 4.79 Å². The number of nitrogens with one attached hydrogen (secondary N) is 1. The first-order chi connectivity index (χ1) is 14.5. The van der Waals surface area contributed by atoms with Gasteiger partial charge in [0.25, 0.3) is 9.70 Å². The van der Waals surface area contributed by atoms with Gasteiger partial charge in [0.2, 0.25) is 0 Å². The summed E-state index contributed by atoms with van der Waals surface area (Å²) in [6.07, 6.45) is -4.20. The minimum Gasteiger partial charge on any atom is -0.454 e. The predicted molar refractivity (Wildman–Crippen MR) is 110 cm³/mol. The van der Waals surface area contributed by atoms with Crippen molar-refractivity contribution in [3.63, 3.8) is 0 Å². The Morgan fingerprint density at radius 2 is 2.00 bits per heavy atom. The van der Waals surface area contributed by atoms with E-state index in [2.05, 4.69) is 5.32 Å². The number of hydrogen-bond donors (Lipinski definition) is 2. The van der Waals surface area contributed by atoms with E-state index in [0.29, 0.717) is 0 Å². The Morgan fingerprint density at radius 1 is 1.32 bits per heavy atom. The molecule has 1 saturated carbocycles. The maximum absolute atomic E-state index is 12.9. The van der Waals surface area contributed by atoms with Crippen LogP contribution in [0.25, 0.3) is 0 Å². The zero-order chi connectivity index (χ0) is 22.6. The van der Waals surface area contributed by atoms with E-state index in [0.717, 1.165) is 5.56 Å².